The van der Waals surface area contributed by atoms with Gasteiger partial charge in [-0.05, 0) is 37.6 Å². The van der Waals surface area contributed by atoms with E-state index in [-0.39, 0.29) is 4.90 Å². The summed E-state index contributed by atoms with van der Waals surface area (Å²) in [6.07, 6.45) is 1.61. The van der Waals surface area contributed by atoms with Crippen LogP contribution in [0.4, 0.5) is 0 Å². The summed E-state index contributed by atoms with van der Waals surface area (Å²) in [5.74, 6) is 0. The summed E-state index contributed by atoms with van der Waals surface area (Å²) in [4.78, 5) is 0.242. The molecule has 30 heavy (non-hydrogen) atoms. The van der Waals surface area contributed by atoms with E-state index in [0.717, 1.165) is 38.9 Å². The fraction of sp³-hybridized carbons (Fsp3) is 0.120. The van der Waals surface area contributed by atoms with Gasteiger partial charge in [-0.1, -0.05) is 66.2 Å². The number of aromatic nitrogens is 1. The van der Waals surface area contributed by atoms with Crippen molar-refractivity contribution in [3.63, 3.8) is 0 Å². The van der Waals surface area contributed by atoms with Crippen molar-refractivity contribution in [2.24, 2.45) is 7.05 Å². The lowest BCUT2D eigenvalue weighted by atomic mass is 9.96. The molecule has 0 saturated heterocycles. The Labute approximate surface area is 177 Å². The number of nitrogens with zero attached hydrogens (tertiary/aromatic N) is 1. The smallest absolute Gasteiger partial charge is 0.261 e. The van der Waals surface area contributed by atoms with Gasteiger partial charge in [0, 0.05) is 41.0 Å². The van der Waals surface area contributed by atoms with Crippen molar-refractivity contribution in [1.29, 1.82) is 0 Å². The molecule has 0 bridgehead atoms. The first-order valence-corrected chi connectivity index (χ1v) is 11.3. The first-order valence-electron chi connectivity index (χ1n) is 9.77. The molecule has 1 heterocycles. The molecule has 0 aliphatic heterocycles. The Morgan fingerprint density at radius 3 is 2.20 bits per heavy atom. The maximum absolute atomic E-state index is 12.9. The van der Waals surface area contributed by atoms with Crippen LogP contribution in [0.1, 0.15) is 22.4 Å². The molecule has 0 saturated carbocycles. The van der Waals surface area contributed by atoms with Crippen molar-refractivity contribution in [2.45, 2.75) is 18.7 Å². The van der Waals surface area contributed by atoms with Crippen molar-refractivity contribution in [1.82, 2.24) is 9.29 Å². The standard InChI is InChI=1S/C25H24N2O2S/c1-18-13-15-21(16-14-18)30(28,29)26-17-23(20-9-5-4-6-10-20)25-19(2)27(3)24-12-8-7-11-22(24)25/h4-17,26H,1-3H3/b23-17-. The van der Waals surface area contributed by atoms with Gasteiger partial charge in [-0.3, -0.25) is 4.72 Å². The number of nitrogens with one attached hydrogen (secondary N) is 1. The Bertz CT molecular complexity index is 1330. The molecular weight excluding hydrogens is 392 g/mol. The van der Waals surface area contributed by atoms with E-state index in [1.54, 1.807) is 30.5 Å². The summed E-state index contributed by atoms with van der Waals surface area (Å²) in [6, 6.07) is 24.9. The number of sulfonamides is 1. The van der Waals surface area contributed by atoms with E-state index in [9.17, 15) is 8.42 Å². The fourth-order valence-electron chi connectivity index (χ4n) is 3.70. The zero-order chi connectivity index (χ0) is 21.3. The molecular formula is C25H24N2O2S. The lowest BCUT2D eigenvalue weighted by molar-refractivity contribution is 0.590. The largest absolute Gasteiger partial charge is 0.347 e. The number of hydrogen-bond donors (Lipinski definition) is 1. The third-order valence-electron chi connectivity index (χ3n) is 5.44. The summed E-state index contributed by atoms with van der Waals surface area (Å²) < 4.78 is 30.6. The van der Waals surface area contributed by atoms with Gasteiger partial charge in [0.1, 0.15) is 0 Å². The second-order valence-electron chi connectivity index (χ2n) is 7.39. The zero-order valence-electron chi connectivity index (χ0n) is 17.3. The van der Waals surface area contributed by atoms with Crippen molar-refractivity contribution < 1.29 is 8.42 Å². The minimum atomic E-state index is -3.68. The predicted octanol–water partition coefficient (Wildman–Crippen LogP) is 5.16. The Morgan fingerprint density at radius 2 is 1.50 bits per heavy atom. The highest BCUT2D eigenvalue weighted by Crippen LogP contribution is 2.34. The van der Waals surface area contributed by atoms with E-state index in [0.29, 0.717) is 0 Å². The van der Waals surface area contributed by atoms with Crippen molar-refractivity contribution in [3.8, 4) is 0 Å². The molecule has 152 valence electrons. The van der Waals surface area contributed by atoms with E-state index in [2.05, 4.69) is 28.3 Å². The van der Waals surface area contributed by atoms with Gasteiger partial charge in [0.05, 0.1) is 4.90 Å². The van der Waals surface area contributed by atoms with Crippen LogP contribution in [0.5, 0.6) is 0 Å². The molecule has 0 fully saturated rings. The Morgan fingerprint density at radius 1 is 0.867 bits per heavy atom. The minimum Gasteiger partial charge on any atom is -0.347 e. The third-order valence-corrected chi connectivity index (χ3v) is 6.76. The normalized spacial score (nSPS) is 12.3. The average Bonchev–Trinajstić information content (AvgIpc) is 3.00. The molecule has 4 aromatic rings. The Hall–Kier alpha value is -3.31. The Kier molecular flexibility index (Phi) is 5.22. The van der Waals surface area contributed by atoms with Crippen LogP contribution in [0.2, 0.25) is 0 Å². The van der Waals surface area contributed by atoms with Gasteiger partial charge in [0.25, 0.3) is 10.0 Å². The van der Waals surface area contributed by atoms with Crippen LogP contribution in [-0.4, -0.2) is 13.0 Å². The number of aryl methyl sites for hydroxylation is 2. The number of para-hydroxylation sites is 1. The molecule has 0 aliphatic carbocycles. The van der Waals surface area contributed by atoms with Gasteiger partial charge in [0.15, 0.2) is 0 Å². The summed E-state index contributed by atoms with van der Waals surface area (Å²) in [5, 5.41) is 1.09. The molecule has 0 aliphatic rings. The highest BCUT2D eigenvalue weighted by Gasteiger charge is 2.18. The number of rotatable bonds is 5. The van der Waals surface area contributed by atoms with Gasteiger partial charge >= 0.3 is 0 Å². The highest BCUT2D eigenvalue weighted by atomic mass is 32.2. The van der Waals surface area contributed by atoms with E-state index in [1.165, 1.54) is 0 Å². The summed E-state index contributed by atoms with van der Waals surface area (Å²) >= 11 is 0. The van der Waals surface area contributed by atoms with Crippen molar-refractivity contribution in [3.05, 3.63) is 107 Å². The second-order valence-corrected chi connectivity index (χ2v) is 9.11. The van der Waals surface area contributed by atoms with Crippen LogP contribution in [0, 0.1) is 13.8 Å². The van der Waals surface area contributed by atoms with Crippen molar-refractivity contribution >= 4 is 26.5 Å². The van der Waals surface area contributed by atoms with Crippen LogP contribution in [0.15, 0.2) is 90.0 Å². The van der Waals surface area contributed by atoms with Gasteiger partial charge in [0.2, 0.25) is 0 Å². The molecule has 3 aromatic carbocycles. The average molecular weight is 417 g/mol. The molecule has 0 radical (unpaired) electrons. The predicted molar refractivity (Wildman–Crippen MR) is 123 cm³/mol. The van der Waals surface area contributed by atoms with E-state index in [4.69, 9.17) is 0 Å². The zero-order valence-corrected chi connectivity index (χ0v) is 18.1. The van der Waals surface area contributed by atoms with Crippen LogP contribution < -0.4 is 4.72 Å². The SMILES string of the molecule is Cc1ccc(S(=O)(=O)N/C=C(/c2ccccc2)c2c(C)n(C)c3ccccc23)cc1. The summed E-state index contributed by atoms with van der Waals surface area (Å²) in [7, 11) is -1.65. The van der Waals surface area contributed by atoms with Gasteiger partial charge in [-0.25, -0.2) is 8.42 Å². The third kappa shape index (κ3) is 3.64. The second kappa shape index (κ2) is 7.84. The monoisotopic (exact) mass is 416 g/mol. The van der Waals surface area contributed by atoms with Gasteiger partial charge in [-0.2, -0.15) is 0 Å². The molecule has 4 rings (SSSR count). The number of fused-ring (bicyclic) bond motifs is 1. The van der Waals surface area contributed by atoms with Gasteiger partial charge in [-0.15, -0.1) is 0 Å². The highest BCUT2D eigenvalue weighted by molar-refractivity contribution is 7.89. The molecule has 0 amide bonds. The number of hydrogen-bond acceptors (Lipinski definition) is 2. The maximum atomic E-state index is 12.9. The molecule has 0 atom stereocenters. The van der Waals surface area contributed by atoms with Crippen LogP contribution in [0.3, 0.4) is 0 Å². The summed E-state index contributed by atoms with van der Waals surface area (Å²) in [6.45, 7) is 3.99. The van der Waals surface area contributed by atoms with Crippen LogP contribution >= 0.6 is 0 Å². The quantitative estimate of drug-likeness (QED) is 0.488. The van der Waals surface area contributed by atoms with Crippen molar-refractivity contribution in [2.75, 3.05) is 0 Å². The van der Waals surface area contributed by atoms with E-state index in [1.807, 2.05) is 56.4 Å². The molecule has 4 nitrogen and oxygen atoms in total. The lowest BCUT2D eigenvalue weighted by Crippen LogP contribution is -2.18. The fourth-order valence-corrected chi connectivity index (χ4v) is 4.60. The lowest BCUT2D eigenvalue weighted by Gasteiger charge is -2.12. The van der Waals surface area contributed by atoms with Crippen LogP contribution in [0.25, 0.3) is 16.5 Å². The van der Waals surface area contributed by atoms with E-state index >= 15 is 0 Å². The molecule has 5 heteroatoms. The summed E-state index contributed by atoms with van der Waals surface area (Å²) in [5.41, 5.74) is 5.99. The maximum Gasteiger partial charge on any atom is 0.261 e. The number of benzene rings is 3. The molecule has 0 unspecified atom stereocenters. The molecule has 1 N–H and O–H groups in total. The first-order chi connectivity index (χ1) is 14.4. The first kappa shape index (κ1) is 20.0. The van der Waals surface area contributed by atoms with Crippen LogP contribution in [-0.2, 0) is 17.1 Å². The minimum absolute atomic E-state index is 0.242. The topological polar surface area (TPSA) is 51.1 Å². The van der Waals surface area contributed by atoms with E-state index < -0.39 is 10.0 Å². The molecule has 1 aromatic heterocycles. The Balaban J connectivity index is 1.87. The van der Waals surface area contributed by atoms with Gasteiger partial charge < -0.3 is 4.57 Å². The molecule has 0 spiro atoms.